The number of rotatable bonds is 2. The van der Waals surface area contributed by atoms with E-state index >= 15 is 0 Å². The highest BCUT2D eigenvalue weighted by atomic mass is 19.3. The third-order valence-electron chi connectivity index (χ3n) is 3.93. The van der Waals surface area contributed by atoms with Crippen LogP contribution in [0.1, 0.15) is 40.9 Å². The summed E-state index contributed by atoms with van der Waals surface area (Å²) < 4.78 is 31.4. The first kappa shape index (κ1) is 13.9. The number of nitrogens with one attached hydrogen (secondary N) is 1. The molecule has 5 nitrogen and oxygen atoms in total. The molecule has 0 spiro atoms. The minimum Gasteiger partial charge on any atom is -0.426 e. The van der Waals surface area contributed by atoms with E-state index in [1.807, 2.05) is 0 Å². The van der Waals surface area contributed by atoms with Crippen LogP contribution in [-0.4, -0.2) is 17.7 Å². The number of carbonyl (C=O) groups excluding carboxylic acids is 2. The number of imide groups is 1. The summed E-state index contributed by atoms with van der Waals surface area (Å²) in [5.41, 5.74) is -0.144. The molecule has 1 aromatic rings. The maximum Gasteiger partial charge on any atom is 0.336 e. The summed E-state index contributed by atoms with van der Waals surface area (Å²) in [4.78, 5) is 34.7. The molecule has 0 unspecified atom stereocenters. The van der Waals surface area contributed by atoms with Crippen LogP contribution in [0, 0.1) is 5.92 Å². The van der Waals surface area contributed by atoms with Gasteiger partial charge >= 0.3 is 5.63 Å². The van der Waals surface area contributed by atoms with Gasteiger partial charge in [-0.25, -0.2) is 13.6 Å². The number of amides is 2. The molecule has 1 atom stereocenters. The normalized spacial score (nSPS) is 23.8. The fraction of sp³-hybridized carbons (Fsp3) is 0.500. The summed E-state index contributed by atoms with van der Waals surface area (Å²) in [5.74, 6) is -4.11. The molecule has 1 saturated carbocycles. The Hall–Kier alpha value is -2.05. The van der Waals surface area contributed by atoms with Crippen molar-refractivity contribution in [2.24, 2.45) is 5.92 Å². The first-order chi connectivity index (χ1) is 9.84. The Morgan fingerprint density at radius 3 is 2.76 bits per heavy atom. The number of alkyl halides is 2. The second-order valence-electron chi connectivity index (χ2n) is 5.61. The van der Waals surface area contributed by atoms with Gasteiger partial charge in [0.1, 0.15) is 5.76 Å². The number of hydrogen-bond donors (Lipinski definition) is 1. The van der Waals surface area contributed by atoms with Crippen molar-refractivity contribution in [3.8, 4) is 0 Å². The monoisotopic (exact) mass is 297 g/mol. The molecule has 21 heavy (non-hydrogen) atoms. The Kier molecular flexibility index (Phi) is 3.15. The highest BCUT2D eigenvalue weighted by molar-refractivity contribution is 6.09. The fourth-order valence-corrected chi connectivity index (χ4v) is 3.06. The lowest BCUT2D eigenvalue weighted by atomic mass is 9.92. The van der Waals surface area contributed by atoms with Crippen molar-refractivity contribution >= 4 is 11.8 Å². The standard InChI is InChI=1S/C14H13F2NO4/c15-14(16)2-1-7(6-14)3-8-4-11(19)21-9-5-10(18)17-13(20)12(8)9/h4,7H,1-3,5-6H2,(H,17,18,20)/t7-/m0/s1. The summed E-state index contributed by atoms with van der Waals surface area (Å²) in [7, 11) is 0. The number of fused-ring (bicyclic) bond motifs is 1. The lowest BCUT2D eigenvalue weighted by molar-refractivity contribution is -0.120. The van der Waals surface area contributed by atoms with Crippen LogP contribution in [0.5, 0.6) is 0 Å². The van der Waals surface area contributed by atoms with Crippen LogP contribution < -0.4 is 10.9 Å². The fourth-order valence-electron chi connectivity index (χ4n) is 3.06. The van der Waals surface area contributed by atoms with Gasteiger partial charge in [-0.3, -0.25) is 14.9 Å². The molecule has 1 N–H and O–H groups in total. The average Bonchev–Trinajstić information content (AvgIpc) is 2.66. The Balaban J connectivity index is 1.94. The van der Waals surface area contributed by atoms with Crippen molar-refractivity contribution in [2.45, 2.75) is 38.0 Å². The average molecular weight is 297 g/mol. The molecule has 1 fully saturated rings. The molecular weight excluding hydrogens is 284 g/mol. The van der Waals surface area contributed by atoms with E-state index in [2.05, 4.69) is 5.32 Å². The Morgan fingerprint density at radius 2 is 2.10 bits per heavy atom. The van der Waals surface area contributed by atoms with E-state index in [1.165, 1.54) is 0 Å². The van der Waals surface area contributed by atoms with Gasteiger partial charge < -0.3 is 4.42 Å². The molecule has 0 bridgehead atoms. The Morgan fingerprint density at radius 1 is 1.33 bits per heavy atom. The molecule has 1 aliphatic heterocycles. The van der Waals surface area contributed by atoms with Crippen molar-refractivity contribution < 1.29 is 22.8 Å². The quantitative estimate of drug-likeness (QED) is 0.838. The van der Waals surface area contributed by atoms with Crippen LogP contribution in [0.15, 0.2) is 15.3 Å². The van der Waals surface area contributed by atoms with Crippen molar-refractivity contribution in [1.82, 2.24) is 5.32 Å². The first-order valence-corrected chi connectivity index (χ1v) is 6.72. The molecule has 2 heterocycles. The predicted octanol–water partition coefficient (Wildman–Crippen LogP) is 1.43. The second-order valence-corrected chi connectivity index (χ2v) is 5.61. The van der Waals surface area contributed by atoms with Crippen LogP contribution in [0.2, 0.25) is 0 Å². The molecule has 1 aromatic heterocycles. The van der Waals surface area contributed by atoms with Gasteiger partial charge in [0.15, 0.2) is 0 Å². The van der Waals surface area contributed by atoms with Crippen LogP contribution >= 0.6 is 0 Å². The molecule has 2 aliphatic rings. The highest BCUT2D eigenvalue weighted by Gasteiger charge is 2.40. The van der Waals surface area contributed by atoms with Gasteiger partial charge in [-0.15, -0.1) is 0 Å². The van der Waals surface area contributed by atoms with Gasteiger partial charge in [-0.05, 0) is 24.3 Å². The van der Waals surface area contributed by atoms with Crippen molar-refractivity contribution in [2.75, 3.05) is 0 Å². The zero-order valence-corrected chi connectivity index (χ0v) is 11.1. The van der Waals surface area contributed by atoms with Crippen molar-refractivity contribution in [3.05, 3.63) is 33.4 Å². The van der Waals surface area contributed by atoms with Gasteiger partial charge in [-0.1, -0.05) is 0 Å². The van der Waals surface area contributed by atoms with E-state index in [1.54, 1.807) is 0 Å². The Bertz CT molecular complexity index is 680. The van der Waals surface area contributed by atoms with Crippen LogP contribution in [-0.2, 0) is 17.6 Å². The first-order valence-electron chi connectivity index (χ1n) is 6.72. The van der Waals surface area contributed by atoms with Crippen LogP contribution in [0.4, 0.5) is 8.78 Å². The molecule has 0 radical (unpaired) electrons. The lowest BCUT2D eigenvalue weighted by Gasteiger charge is -2.18. The molecule has 0 saturated heterocycles. The summed E-state index contributed by atoms with van der Waals surface area (Å²) in [6.45, 7) is 0. The lowest BCUT2D eigenvalue weighted by Crippen LogP contribution is -2.39. The maximum absolute atomic E-state index is 13.2. The minimum atomic E-state index is -2.68. The zero-order chi connectivity index (χ0) is 15.2. The SMILES string of the molecule is O=C1Cc2oc(=O)cc(C[C@@H]3CCC(F)(F)C3)c2C(=O)N1. The largest absolute Gasteiger partial charge is 0.426 e. The van der Waals surface area contributed by atoms with Crippen LogP contribution in [0.25, 0.3) is 0 Å². The van der Waals surface area contributed by atoms with E-state index in [9.17, 15) is 23.2 Å². The van der Waals surface area contributed by atoms with Gasteiger partial charge in [0, 0.05) is 18.9 Å². The third-order valence-corrected chi connectivity index (χ3v) is 3.93. The summed E-state index contributed by atoms with van der Waals surface area (Å²) in [6.07, 6.45) is -0.0484. The van der Waals surface area contributed by atoms with E-state index in [0.717, 1.165) is 6.07 Å². The smallest absolute Gasteiger partial charge is 0.336 e. The van der Waals surface area contributed by atoms with Crippen molar-refractivity contribution in [3.63, 3.8) is 0 Å². The van der Waals surface area contributed by atoms with E-state index < -0.39 is 23.4 Å². The predicted molar refractivity (Wildman–Crippen MR) is 67.1 cm³/mol. The summed E-state index contributed by atoms with van der Waals surface area (Å²) in [6, 6.07) is 1.16. The van der Waals surface area contributed by atoms with Gasteiger partial charge in [0.2, 0.25) is 11.8 Å². The maximum atomic E-state index is 13.2. The molecule has 2 amide bonds. The molecular formula is C14H13F2NO4. The number of carbonyl (C=O) groups is 2. The van der Waals surface area contributed by atoms with Crippen molar-refractivity contribution in [1.29, 1.82) is 0 Å². The number of halogens is 2. The van der Waals surface area contributed by atoms with E-state index in [-0.39, 0.29) is 42.9 Å². The van der Waals surface area contributed by atoms with E-state index in [0.29, 0.717) is 12.0 Å². The molecule has 7 heteroatoms. The van der Waals surface area contributed by atoms with Gasteiger partial charge in [0.25, 0.3) is 5.91 Å². The van der Waals surface area contributed by atoms with Gasteiger partial charge in [-0.2, -0.15) is 0 Å². The zero-order valence-electron chi connectivity index (χ0n) is 11.1. The highest BCUT2D eigenvalue weighted by Crippen LogP contribution is 2.40. The Labute approximate surface area is 118 Å². The third kappa shape index (κ3) is 2.72. The van der Waals surface area contributed by atoms with E-state index in [4.69, 9.17) is 4.42 Å². The number of hydrogen-bond acceptors (Lipinski definition) is 4. The molecule has 3 rings (SSSR count). The summed E-state index contributed by atoms with van der Waals surface area (Å²) >= 11 is 0. The topological polar surface area (TPSA) is 76.4 Å². The molecule has 0 aromatic carbocycles. The molecule has 112 valence electrons. The van der Waals surface area contributed by atoms with Gasteiger partial charge in [0.05, 0.1) is 12.0 Å². The minimum absolute atomic E-state index is 0.0241. The van der Waals surface area contributed by atoms with Crippen LogP contribution in [0.3, 0.4) is 0 Å². The molecule has 1 aliphatic carbocycles. The summed E-state index contributed by atoms with van der Waals surface area (Å²) in [5, 5.41) is 2.15. The second kappa shape index (κ2) is 4.75.